The molecule has 0 unspecified atom stereocenters. The van der Waals surface area contributed by atoms with E-state index in [4.69, 9.17) is 0 Å². The van der Waals surface area contributed by atoms with E-state index in [1.807, 2.05) is 6.07 Å². The predicted octanol–water partition coefficient (Wildman–Crippen LogP) is 1.55. The van der Waals surface area contributed by atoms with Gasteiger partial charge in [-0.05, 0) is 47.8 Å². The van der Waals surface area contributed by atoms with Gasteiger partial charge in [-0.3, -0.25) is 9.59 Å². The molecule has 2 rings (SSSR count). The first-order valence-corrected chi connectivity index (χ1v) is 7.71. The van der Waals surface area contributed by atoms with Crippen LogP contribution in [0.1, 0.15) is 30.1 Å². The molecule has 1 fully saturated rings. The zero-order valence-electron chi connectivity index (χ0n) is 11.9. The molecule has 0 radical (unpaired) electrons. The van der Waals surface area contributed by atoms with E-state index in [1.165, 1.54) is 0 Å². The maximum atomic E-state index is 12.0. The highest BCUT2D eigenvalue weighted by atomic mass is 79.9. The van der Waals surface area contributed by atoms with E-state index in [9.17, 15) is 14.7 Å². The Morgan fingerprint density at radius 1 is 1.33 bits per heavy atom. The summed E-state index contributed by atoms with van der Waals surface area (Å²) in [7, 11) is 0. The molecule has 0 aromatic heterocycles. The summed E-state index contributed by atoms with van der Waals surface area (Å²) in [5.74, 6) is -0.397. The molecular weight excluding hydrogens is 336 g/mol. The average Bonchev–Trinajstić information content (AvgIpc) is 2.45. The number of hydrogen-bond acceptors (Lipinski definition) is 3. The van der Waals surface area contributed by atoms with Crippen molar-refractivity contribution >= 4 is 27.7 Å². The topological polar surface area (TPSA) is 69.6 Å². The Morgan fingerprint density at radius 2 is 1.95 bits per heavy atom. The molecule has 5 nitrogen and oxygen atoms in total. The Morgan fingerprint density at radius 3 is 2.57 bits per heavy atom. The number of carbonyl (C=O) groups is 2. The number of aliphatic hydroxyl groups is 1. The fourth-order valence-corrected chi connectivity index (χ4v) is 2.71. The van der Waals surface area contributed by atoms with Crippen LogP contribution in [0.4, 0.5) is 0 Å². The van der Waals surface area contributed by atoms with Gasteiger partial charge in [0.05, 0.1) is 17.7 Å². The van der Waals surface area contributed by atoms with Crippen molar-refractivity contribution in [3.8, 4) is 0 Å². The summed E-state index contributed by atoms with van der Waals surface area (Å²) in [6.45, 7) is 2.80. The van der Waals surface area contributed by atoms with Crippen LogP contribution < -0.4 is 5.32 Å². The number of carbonyl (C=O) groups excluding carboxylic acids is 2. The van der Waals surface area contributed by atoms with Crippen LogP contribution in [0.2, 0.25) is 0 Å². The van der Waals surface area contributed by atoms with Crippen molar-refractivity contribution in [2.75, 3.05) is 19.6 Å². The lowest BCUT2D eigenvalue weighted by Crippen LogP contribution is -2.48. The molecule has 2 N–H and O–H groups in total. The van der Waals surface area contributed by atoms with Gasteiger partial charge >= 0.3 is 0 Å². The van der Waals surface area contributed by atoms with E-state index in [-0.39, 0.29) is 18.4 Å². The maximum absolute atomic E-state index is 12.0. The van der Waals surface area contributed by atoms with Crippen molar-refractivity contribution in [3.63, 3.8) is 0 Å². The second-order valence-corrected chi connectivity index (χ2v) is 6.39. The highest BCUT2D eigenvalue weighted by molar-refractivity contribution is 9.10. The van der Waals surface area contributed by atoms with Gasteiger partial charge in [-0.1, -0.05) is 12.1 Å². The zero-order valence-corrected chi connectivity index (χ0v) is 13.5. The van der Waals surface area contributed by atoms with Gasteiger partial charge in [-0.25, -0.2) is 0 Å². The number of amides is 2. The maximum Gasteiger partial charge on any atom is 0.252 e. The van der Waals surface area contributed by atoms with E-state index in [2.05, 4.69) is 21.2 Å². The number of nitrogens with one attached hydrogen (secondary N) is 1. The summed E-state index contributed by atoms with van der Waals surface area (Å²) in [5.41, 5.74) is -0.179. The van der Waals surface area contributed by atoms with Crippen LogP contribution in [-0.2, 0) is 4.79 Å². The minimum atomic E-state index is -0.686. The molecule has 0 spiro atoms. The molecule has 0 bridgehead atoms. The largest absolute Gasteiger partial charge is 0.390 e. The van der Waals surface area contributed by atoms with Crippen LogP contribution in [0.25, 0.3) is 0 Å². The molecule has 1 aromatic carbocycles. The summed E-state index contributed by atoms with van der Waals surface area (Å²) in [6.07, 6.45) is 1.13. The molecule has 1 aromatic rings. The van der Waals surface area contributed by atoms with E-state index in [0.717, 1.165) is 0 Å². The summed E-state index contributed by atoms with van der Waals surface area (Å²) in [6, 6.07) is 7.07. The summed E-state index contributed by atoms with van der Waals surface area (Å²) < 4.78 is 0.698. The smallest absolute Gasteiger partial charge is 0.252 e. The number of rotatable bonds is 3. The van der Waals surface area contributed by atoms with Gasteiger partial charge in [-0.2, -0.15) is 0 Å². The minimum absolute atomic E-state index is 0.0255. The normalized spacial score (nSPS) is 17.4. The SMILES string of the molecule is CC1(O)CCN(C(=O)CNC(=O)c2ccccc2Br)CC1. The Hall–Kier alpha value is -1.40. The van der Waals surface area contributed by atoms with Crippen LogP contribution in [0.5, 0.6) is 0 Å². The van der Waals surface area contributed by atoms with Crippen LogP contribution in [0.3, 0.4) is 0 Å². The van der Waals surface area contributed by atoms with Gasteiger partial charge in [0.15, 0.2) is 0 Å². The number of halogens is 1. The highest BCUT2D eigenvalue weighted by Crippen LogP contribution is 2.21. The van der Waals surface area contributed by atoms with Crippen molar-refractivity contribution < 1.29 is 14.7 Å². The first kappa shape index (κ1) is 16.0. The molecule has 1 saturated heterocycles. The lowest BCUT2D eigenvalue weighted by Gasteiger charge is -2.35. The Labute approximate surface area is 132 Å². The van der Waals surface area contributed by atoms with E-state index in [1.54, 1.807) is 30.0 Å². The average molecular weight is 355 g/mol. The third kappa shape index (κ3) is 4.28. The van der Waals surface area contributed by atoms with E-state index < -0.39 is 5.60 Å². The van der Waals surface area contributed by atoms with Crippen molar-refractivity contribution in [1.29, 1.82) is 0 Å². The molecule has 1 aliphatic heterocycles. The fraction of sp³-hybridized carbons (Fsp3) is 0.467. The molecule has 1 aliphatic rings. The fourth-order valence-electron chi connectivity index (χ4n) is 2.25. The first-order valence-electron chi connectivity index (χ1n) is 6.92. The number of benzene rings is 1. The molecule has 21 heavy (non-hydrogen) atoms. The molecule has 6 heteroatoms. The highest BCUT2D eigenvalue weighted by Gasteiger charge is 2.29. The first-order chi connectivity index (χ1) is 9.89. The van der Waals surface area contributed by atoms with Gasteiger partial charge in [0.25, 0.3) is 5.91 Å². The Kier molecular flexibility index (Phi) is 5.00. The number of likely N-dealkylation sites (tertiary alicyclic amines) is 1. The van der Waals surface area contributed by atoms with Crippen LogP contribution >= 0.6 is 15.9 Å². The molecule has 1 heterocycles. The van der Waals surface area contributed by atoms with Crippen molar-refractivity contribution in [1.82, 2.24) is 10.2 Å². The molecule has 0 atom stereocenters. The van der Waals surface area contributed by atoms with Crippen molar-refractivity contribution in [2.45, 2.75) is 25.4 Å². The quantitative estimate of drug-likeness (QED) is 0.865. The molecular formula is C15H19BrN2O3. The number of nitrogens with zero attached hydrogens (tertiary/aromatic N) is 1. The predicted molar refractivity (Wildman–Crippen MR) is 82.9 cm³/mol. The third-order valence-corrected chi connectivity index (χ3v) is 4.40. The van der Waals surface area contributed by atoms with Crippen LogP contribution in [0, 0.1) is 0 Å². The molecule has 0 aliphatic carbocycles. The van der Waals surface area contributed by atoms with Crippen LogP contribution in [-0.4, -0.2) is 47.1 Å². The molecule has 2 amide bonds. The standard InChI is InChI=1S/C15H19BrN2O3/c1-15(21)6-8-18(9-7-15)13(19)10-17-14(20)11-4-2-3-5-12(11)16/h2-5,21H,6-10H2,1H3,(H,17,20). The molecule has 114 valence electrons. The van der Waals surface area contributed by atoms with E-state index in [0.29, 0.717) is 36.0 Å². The van der Waals surface area contributed by atoms with Gasteiger partial charge in [0.2, 0.25) is 5.91 Å². The number of hydrogen-bond donors (Lipinski definition) is 2. The third-order valence-electron chi connectivity index (χ3n) is 3.71. The lowest BCUT2D eigenvalue weighted by molar-refractivity contribution is -0.133. The summed E-state index contributed by atoms with van der Waals surface area (Å²) >= 11 is 3.31. The van der Waals surface area contributed by atoms with E-state index >= 15 is 0 Å². The van der Waals surface area contributed by atoms with Gasteiger partial charge < -0.3 is 15.3 Å². The molecule has 0 saturated carbocycles. The lowest BCUT2D eigenvalue weighted by atomic mass is 9.94. The number of piperidine rings is 1. The van der Waals surface area contributed by atoms with Crippen LogP contribution in [0.15, 0.2) is 28.7 Å². The summed E-state index contributed by atoms with van der Waals surface area (Å²) in [4.78, 5) is 25.7. The minimum Gasteiger partial charge on any atom is -0.390 e. The van der Waals surface area contributed by atoms with Crippen molar-refractivity contribution in [2.24, 2.45) is 0 Å². The van der Waals surface area contributed by atoms with Gasteiger partial charge in [0.1, 0.15) is 0 Å². The Balaban J connectivity index is 1.85. The van der Waals surface area contributed by atoms with Gasteiger partial charge in [-0.15, -0.1) is 0 Å². The van der Waals surface area contributed by atoms with Gasteiger partial charge in [0, 0.05) is 17.6 Å². The Bertz CT molecular complexity index is 535. The summed E-state index contributed by atoms with van der Waals surface area (Å²) in [5, 5.41) is 12.5. The second kappa shape index (κ2) is 6.58. The van der Waals surface area contributed by atoms with Crippen molar-refractivity contribution in [3.05, 3.63) is 34.3 Å². The monoisotopic (exact) mass is 354 g/mol. The second-order valence-electron chi connectivity index (χ2n) is 5.54. The zero-order chi connectivity index (χ0) is 15.5.